The van der Waals surface area contributed by atoms with Gasteiger partial charge in [0.1, 0.15) is 18.1 Å². The van der Waals surface area contributed by atoms with Crippen molar-refractivity contribution in [2.75, 3.05) is 13.2 Å². The Kier molecular flexibility index (Phi) is 8.50. The van der Waals surface area contributed by atoms with E-state index in [4.69, 9.17) is 9.47 Å². The third-order valence-corrected chi connectivity index (χ3v) is 10.6. The van der Waals surface area contributed by atoms with Gasteiger partial charge in [0.25, 0.3) is 0 Å². The number of likely N-dealkylation sites (tertiary alicyclic amines) is 1. The number of hydrogen-bond acceptors (Lipinski definition) is 5. The zero-order valence-electron chi connectivity index (χ0n) is 26.1. The summed E-state index contributed by atoms with van der Waals surface area (Å²) in [6, 6.07) is 21.6. The minimum absolute atomic E-state index is 0.0222. The average Bonchev–Trinajstić information content (AvgIpc) is 3.61. The molecule has 2 aliphatic carbocycles. The maximum atomic E-state index is 14.0. The first-order chi connectivity index (χ1) is 22.0. The van der Waals surface area contributed by atoms with Gasteiger partial charge < -0.3 is 14.6 Å². The van der Waals surface area contributed by atoms with E-state index in [1.807, 2.05) is 54.6 Å². The van der Waals surface area contributed by atoms with Crippen molar-refractivity contribution in [1.29, 1.82) is 0 Å². The zero-order chi connectivity index (χ0) is 30.9. The normalized spacial score (nSPS) is 25.6. The van der Waals surface area contributed by atoms with Crippen LogP contribution in [0.15, 0.2) is 83.4 Å². The number of amides is 2. The summed E-state index contributed by atoms with van der Waals surface area (Å²) in [4.78, 5) is 29.5. The molecule has 2 heterocycles. The van der Waals surface area contributed by atoms with Crippen LogP contribution in [0.2, 0.25) is 0 Å². The smallest absolute Gasteiger partial charge is 0.234 e. The molecular weight excluding hydrogens is 562 g/mol. The van der Waals surface area contributed by atoms with E-state index < -0.39 is 0 Å². The fourth-order valence-corrected chi connectivity index (χ4v) is 8.34. The number of allylic oxidation sites excluding steroid dienone is 1. The van der Waals surface area contributed by atoms with Crippen molar-refractivity contribution < 1.29 is 24.2 Å². The van der Waals surface area contributed by atoms with Crippen LogP contribution < -0.4 is 4.74 Å². The Morgan fingerprint density at radius 1 is 0.933 bits per heavy atom. The molecule has 2 saturated heterocycles. The molecule has 234 valence electrons. The summed E-state index contributed by atoms with van der Waals surface area (Å²) < 4.78 is 12.8. The van der Waals surface area contributed by atoms with Crippen LogP contribution in [0.5, 0.6) is 11.5 Å². The summed E-state index contributed by atoms with van der Waals surface area (Å²) in [5.74, 6) is 0.413. The van der Waals surface area contributed by atoms with Crippen LogP contribution in [-0.2, 0) is 14.3 Å². The van der Waals surface area contributed by atoms with Crippen molar-refractivity contribution in [3.05, 3.63) is 89.0 Å². The molecule has 0 aromatic heterocycles. The van der Waals surface area contributed by atoms with Gasteiger partial charge in [-0.25, -0.2) is 0 Å². The van der Waals surface area contributed by atoms with Gasteiger partial charge in [-0.1, -0.05) is 86.4 Å². The molecule has 1 N–H and O–H groups in total. The lowest BCUT2D eigenvalue weighted by Gasteiger charge is -2.32. The molecular formula is C39H43NO5. The lowest BCUT2D eigenvalue weighted by Crippen LogP contribution is -2.42. The largest absolute Gasteiger partial charge is 0.507 e. The molecule has 0 spiro atoms. The number of benzene rings is 3. The summed E-state index contributed by atoms with van der Waals surface area (Å²) in [5.41, 5.74) is 4.74. The van der Waals surface area contributed by atoms with Crippen molar-refractivity contribution in [2.45, 2.75) is 76.9 Å². The fourth-order valence-electron chi connectivity index (χ4n) is 8.34. The summed E-state index contributed by atoms with van der Waals surface area (Å²) in [5, 5.41) is 12.3. The minimum atomic E-state index is -0.329. The lowest BCUT2D eigenvalue weighted by molar-refractivity contribution is -0.143. The number of aromatic hydroxyl groups is 1. The number of nitrogens with zero attached hydrogens (tertiary/aromatic N) is 1. The van der Waals surface area contributed by atoms with E-state index in [0.717, 1.165) is 72.6 Å². The molecule has 4 atom stereocenters. The summed E-state index contributed by atoms with van der Waals surface area (Å²) >= 11 is 0. The SMILES string of the molecule is CC/C(=C\c1ccc(O)c2ccccc12)CC[C@H]1OC[C@H]2C1=C(COc1ccccc1)C[C@H]1C(=O)N(C3CCCCC3)C(=O)[C@H]12. The number of phenols is 1. The third-order valence-electron chi connectivity index (χ3n) is 10.6. The lowest BCUT2D eigenvalue weighted by atomic mass is 9.69. The highest BCUT2D eigenvalue weighted by molar-refractivity contribution is 6.06. The second kappa shape index (κ2) is 12.8. The Bertz CT molecular complexity index is 1640. The van der Waals surface area contributed by atoms with Gasteiger partial charge in [-0.15, -0.1) is 0 Å². The number of fused-ring (bicyclic) bond motifs is 4. The Morgan fingerprint density at radius 3 is 2.47 bits per heavy atom. The molecule has 0 unspecified atom stereocenters. The molecule has 0 bridgehead atoms. The molecule has 7 rings (SSSR count). The van der Waals surface area contributed by atoms with Crippen LogP contribution in [0.3, 0.4) is 0 Å². The monoisotopic (exact) mass is 605 g/mol. The Labute approximate surface area is 265 Å². The fraction of sp³-hybridized carbons (Fsp3) is 0.436. The van der Waals surface area contributed by atoms with Crippen LogP contribution in [0.4, 0.5) is 0 Å². The first-order valence-corrected chi connectivity index (χ1v) is 16.8. The Balaban J connectivity index is 1.16. The molecule has 45 heavy (non-hydrogen) atoms. The van der Waals surface area contributed by atoms with Crippen molar-refractivity contribution in [3.63, 3.8) is 0 Å². The van der Waals surface area contributed by atoms with Gasteiger partial charge in [0, 0.05) is 17.3 Å². The number of para-hydroxylation sites is 1. The van der Waals surface area contributed by atoms with Gasteiger partial charge in [-0.05, 0) is 78.8 Å². The second-order valence-corrected chi connectivity index (χ2v) is 13.2. The first kappa shape index (κ1) is 29.8. The van der Waals surface area contributed by atoms with Crippen molar-refractivity contribution in [1.82, 2.24) is 4.90 Å². The van der Waals surface area contributed by atoms with Gasteiger partial charge in [-0.3, -0.25) is 14.5 Å². The number of carbonyl (C=O) groups excluding carboxylic acids is 2. The summed E-state index contributed by atoms with van der Waals surface area (Å²) in [6.45, 7) is 3.06. The predicted molar refractivity (Wildman–Crippen MR) is 176 cm³/mol. The molecule has 2 amide bonds. The highest BCUT2D eigenvalue weighted by Crippen LogP contribution is 2.51. The standard InChI is InChI=1S/C39H43NO5/c1-2-25(21-26-18-19-34(41)31-16-10-9-15-30(26)31)17-20-35-36-27(23-44-29-13-7-4-8-14-29)22-32-37(33(36)24-45-35)39(43)40(38(32)42)28-11-5-3-6-12-28/h4,7-10,13-16,18-19,21,28,32-33,35,37,41H,2-3,5-6,11-12,17,20,22-24H2,1H3/b25-21+/t32-,33+,35-,37-/m1/s1. The van der Waals surface area contributed by atoms with Crippen LogP contribution in [0, 0.1) is 17.8 Å². The summed E-state index contributed by atoms with van der Waals surface area (Å²) in [6.07, 6.45) is 10.5. The molecule has 3 aromatic carbocycles. The average molecular weight is 606 g/mol. The number of ether oxygens (including phenoxy) is 2. The molecule has 1 saturated carbocycles. The first-order valence-electron chi connectivity index (χ1n) is 16.8. The molecule has 4 aliphatic rings. The van der Waals surface area contributed by atoms with Crippen molar-refractivity contribution >= 4 is 28.7 Å². The van der Waals surface area contributed by atoms with E-state index in [9.17, 15) is 14.7 Å². The van der Waals surface area contributed by atoms with Gasteiger partial charge in [0.2, 0.25) is 11.8 Å². The van der Waals surface area contributed by atoms with E-state index >= 15 is 0 Å². The van der Waals surface area contributed by atoms with E-state index in [2.05, 4.69) is 19.1 Å². The maximum absolute atomic E-state index is 14.0. The van der Waals surface area contributed by atoms with Gasteiger partial charge >= 0.3 is 0 Å². The Morgan fingerprint density at radius 2 is 1.69 bits per heavy atom. The molecule has 3 fully saturated rings. The van der Waals surface area contributed by atoms with Gasteiger partial charge in [-0.2, -0.15) is 0 Å². The second-order valence-electron chi connectivity index (χ2n) is 13.2. The van der Waals surface area contributed by atoms with E-state index in [1.165, 1.54) is 17.6 Å². The molecule has 6 heteroatoms. The molecule has 3 aromatic rings. The predicted octanol–water partition coefficient (Wildman–Crippen LogP) is 7.85. The number of carbonyl (C=O) groups is 2. The van der Waals surface area contributed by atoms with Crippen molar-refractivity contribution in [3.8, 4) is 11.5 Å². The van der Waals surface area contributed by atoms with E-state index in [1.54, 1.807) is 11.0 Å². The van der Waals surface area contributed by atoms with Crippen LogP contribution in [0.25, 0.3) is 16.8 Å². The van der Waals surface area contributed by atoms with Gasteiger partial charge in [0.05, 0.1) is 24.5 Å². The molecule has 0 radical (unpaired) electrons. The Hall–Kier alpha value is -3.90. The van der Waals surface area contributed by atoms with E-state index in [-0.39, 0.29) is 41.7 Å². The highest BCUT2D eigenvalue weighted by Gasteiger charge is 2.58. The minimum Gasteiger partial charge on any atom is -0.507 e. The number of imide groups is 1. The maximum Gasteiger partial charge on any atom is 0.234 e. The van der Waals surface area contributed by atoms with Crippen LogP contribution in [0.1, 0.15) is 70.3 Å². The van der Waals surface area contributed by atoms with Gasteiger partial charge in [0.15, 0.2) is 0 Å². The van der Waals surface area contributed by atoms with Crippen LogP contribution >= 0.6 is 0 Å². The van der Waals surface area contributed by atoms with E-state index in [0.29, 0.717) is 25.4 Å². The molecule has 2 aliphatic heterocycles. The highest BCUT2D eigenvalue weighted by atomic mass is 16.5. The third kappa shape index (κ3) is 5.69. The molecule has 6 nitrogen and oxygen atoms in total. The quantitative estimate of drug-likeness (QED) is 0.199. The van der Waals surface area contributed by atoms with Crippen molar-refractivity contribution in [2.24, 2.45) is 17.8 Å². The summed E-state index contributed by atoms with van der Waals surface area (Å²) in [7, 11) is 0. The van der Waals surface area contributed by atoms with Crippen LogP contribution in [-0.4, -0.2) is 47.2 Å². The number of hydrogen-bond donors (Lipinski definition) is 1. The zero-order valence-corrected chi connectivity index (χ0v) is 26.1. The topological polar surface area (TPSA) is 76.1 Å². The number of rotatable bonds is 9. The number of phenolic OH excluding ortho intramolecular Hbond substituents is 1.